The van der Waals surface area contributed by atoms with Crippen LogP contribution in [0.25, 0.3) is 0 Å². The lowest BCUT2D eigenvalue weighted by atomic mass is 9.90. The molecule has 164 valence electrons. The van der Waals surface area contributed by atoms with Crippen LogP contribution in [0, 0.1) is 11.8 Å². The minimum atomic E-state index is -1.44. The molecule has 0 bridgehead atoms. The van der Waals surface area contributed by atoms with Gasteiger partial charge in [-0.2, -0.15) is 4.99 Å². The molecule has 1 aliphatic heterocycles. The summed E-state index contributed by atoms with van der Waals surface area (Å²) < 4.78 is 9.71. The third-order valence-electron chi connectivity index (χ3n) is 4.76. The van der Waals surface area contributed by atoms with Crippen molar-refractivity contribution in [3.8, 4) is 0 Å². The van der Waals surface area contributed by atoms with Crippen molar-refractivity contribution in [2.45, 2.75) is 59.8 Å². The molecular weight excluding hydrogens is 386 g/mol. The lowest BCUT2D eigenvalue weighted by molar-refractivity contribution is -0.152. The van der Waals surface area contributed by atoms with Crippen LogP contribution in [0.2, 0.25) is 0 Å². The number of hydrogen-bond acceptors (Lipinski definition) is 6. The van der Waals surface area contributed by atoms with Crippen LogP contribution >= 0.6 is 0 Å². The Kier molecular flexibility index (Phi) is 10.6. The number of Topliss-reactive ketones (excluding diaryl/α,β-unsaturated/α-hetero) is 1. The smallest absolute Gasteiger partial charge is 0.432 e. The molecule has 1 heterocycles. The third-order valence-corrected chi connectivity index (χ3v) is 4.76. The zero-order chi connectivity index (χ0) is 22.7. The SMILES string of the molecule is CCC/C(C)=C/C=C(\C)C(=O)[C@@H]1C(=O)C=C([C@H](C)CCCC=NC(=O)OC)OC1=O. The summed E-state index contributed by atoms with van der Waals surface area (Å²) in [6.45, 7) is 7.46. The molecule has 7 heteroatoms. The highest BCUT2D eigenvalue weighted by atomic mass is 16.5. The molecule has 30 heavy (non-hydrogen) atoms. The molecule has 7 nitrogen and oxygen atoms in total. The van der Waals surface area contributed by atoms with E-state index in [1.807, 2.05) is 19.9 Å². The van der Waals surface area contributed by atoms with Crippen LogP contribution in [0.1, 0.15) is 59.8 Å². The first kappa shape index (κ1) is 25.2. The van der Waals surface area contributed by atoms with Crippen LogP contribution in [0.5, 0.6) is 0 Å². The van der Waals surface area contributed by atoms with Gasteiger partial charge in [0, 0.05) is 18.2 Å². The van der Waals surface area contributed by atoms with Gasteiger partial charge in [-0.15, -0.1) is 0 Å². The third kappa shape index (κ3) is 7.89. The van der Waals surface area contributed by atoms with Crippen molar-refractivity contribution in [3.05, 3.63) is 35.1 Å². The first-order valence-electron chi connectivity index (χ1n) is 10.2. The number of allylic oxidation sites excluding steroid dienone is 6. The second kappa shape index (κ2) is 12.7. The molecule has 1 amide bonds. The van der Waals surface area contributed by atoms with Crippen molar-refractivity contribution >= 4 is 29.8 Å². The summed E-state index contributed by atoms with van der Waals surface area (Å²) in [4.78, 5) is 51.9. The van der Waals surface area contributed by atoms with Gasteiger partial charge in [0.1, 0.15) is 5.76 Å². The molecule has 1 aliphatic rings. The number of amides is 1. The maximum Gasteiger partial charge on any atom is 0.432 e. The summed E-state index contributed by atoms with van der Waals surface area (Å²) in [5, 5.41) is 0. The molecule has 0 aromatic rings. The Morgan fingerprint density at radius 2 is 1.97 bits per heavy atom. The molecule has 0 saturated heterocycles. The number of methoxy groups -OCH3 is 1. The average Bonchev–Trinajstić information content (AvgIpc) is 2.70. The zero-order valence-corrected chi connectivity index (χ0v) is 18.4. The average molecular weight is 418 g/mol. The molecule has 0 aliphatic carbocycles. The number of rotatable bonds is 10. The van der Waals surface area contributed by atoms with Crippen molar-refractivity contribution < 1.29 is 28.7 Å². The Hall–Kier alpha value is -2.83. The predicted molar refractivity (Wildman–Crippen MR) is 114 cm³/mol. The molecule has 0 fully saturated rings. The van der Waals surface area contributed by atoms with E-state index < -0.39 is 29.5 Å². The van der Waals surface area contributed by atoms with E-state index >= 15 is 0 Å². The second-order valence-electron chi connectivity index (χ2n) is 7.39. The van der Waals surface area contributed by atoms with Crippen LogP contribution in [0.3, 0.4) is 0 Å². The summed E-state index contributed by atoms with van der Waals surface area (Å²) in [5.41, 5.74) is 1.46. The van der Waals surface area contributed by atoms with Crippen molar-refractivity contribution in [2.75, 3.05) is 7.11 Å². The number of esters is 1. The minimum Gasteiger partial charge on any atom is -0.451 e. The van der Waals surface area contributed by atoms with E-state index in [2.05, 4.69) is 16.7 Å². The highest BCUT2D eigenvalue weighted by Gasteiger charge is 2.39. The van der Waals surface area contributed by atoms with Gasteiger partial charge in [-0.05, 0) is 45.1 Å². The summed E-state index contributed by atoms with van der Waals surface area (Å²) >= 11 is 0. The van der Waals surface area contributed by atoms with E-state index in [0.29, 0.717) is 24.8 Å². The fraction of sp³-hybridized carbons (Fsp3) is 0.522. The lowest BCUT2D eigenvalue weighted by Gasteiger charge is -2.23. The maximum absolute atomic E-state index is 12.6. The highest BCUT2D eigenvalue weighted by Crippen LogP contribution is 2.26. The van der Waals surface area contributed by atoms with Gasteiger partial charge < -0.3 is 9.47 Å². The molecular formula is C23H31NO6. The van der Waals surface area contributed by atoms with Crippen LogP contribution < -0.4 is 0 Å². The van der Waals surface area contributed by atoms with Gasteiger partial charge in [0.25, 0.3) is 0 Å². The summed E-state index contributed by atoms with van der Waals surface area (Å²) in [6, 6.07) is 0. The van der Waals surface area contributed by atoms with Crippen LogP contribution in [-0.2, 0) is 23.9 Å². The van der Waals surface area contributed by atoms with E-state index in [9.17, 15) is 19.2 Å². The van der Waals surface area contributed by atoms with Crippen molar-refractivity contribution in [3.63, 3.8) is 0 Å². The Labute approximate surface area is 177 Å². The molecule has 0 unspecified atom stereocenters. The van der Waals surface area contributed by atoms with E-state index in [4.69, 9.17) is 4.74 Å². The topological polar surface area (TPSA) is 99.1 Å². The minimum absolute atomic E-state index is 0.184. The number of ketones is 2. The van der Waals surface area contributed by atoms with Crippen LogP contribution in [0.15, 0.2) is 40.1 Å². The second-order valence-corrected chi connectivity index (χ2v) is 7.39. The number of ether oxygens (including phenoxy) is 2. The number of hydrogen-bond donors (Lipinski definition) is 0. The quantitative estimate of drug-likeness (QED) is 0.129. The Morgan fingerprint density at radius 3 is 2.57 bits per heavy atom. The highest BCUT2D eigenvalue weighted by molar-refractivity contribution is 6.26. The number of carbonyl (C=O) groups excluding carboxylic acids is 4. The van der Waals surface area contributed by atoms with E-state index in [-0.39, 0.29) is 11.7 Å². The van der Waals surface area contributed by atoms with Gasteiger partial charge in [-0.3, -0.25) is 14.4 Å². The van der Waals surface area contributed by atoms with Crippen LogP contribution in [0.4, 0.5) is 4.79 Å². The van der Waals surface area contributed by atoms with Gasteiger partial charge in [-0.25, -0.2) is 4.79 Å². The molecule has 2 atom stereocenters. The Balaban J connectivity index is 2.73. The number of nitrogens with zero attached hydrogens (tertiary/aromatic N) is 1. The Morgan fingerprint density at radius 1 is 1.27 bits per heavy atom. The fourth-order valence-electron chi connectivity index (χ4n) is 2.93. The zero-order valence-electron chi connectivity index (χ0n) is 18.4. The molecule has 0 aromatic heterocycles. The molecule has 0 spiro atoms. The predicted octanol–water partition coefficient (Wildman–Crippen LogP) is 4.52. The van der Waals surface area contributed by atoms with Crippen LogP contribution in [-0.4, -0.2) is 37.0 Å². The van der Waals surface area contributed by atoms with Crippen molar-refractivity contribution in [1.29, 1.82) is 0 Å². The molecule has 0 aromatic carbocycles. The first-order valence-corrected chi connectivity index (χ1v) is 10.2. The number of carbonyl (C=O) groups is 4. The molecule has 0 radical (unpaired) electrons. The number of cyclic esters (lactones) is 1. The monoisotopic (exact) mass is 417 g/mol. The summed E-state index contributed by atoms with van der Waals surface area (Å²) in [6.07, 6.45) is 9.30. The number of aliphatic imine (C=N–C) groups is 1. The largest absolute Gasteiger partial charge is 0.451 e. The molecule has 1 rings (SSSR count). The first-order chi connectivity index (χ1) is 14.2. The van der Waals surface area contributed by atoms with Gasteiger partial charge in [0.15, 0.2) is 17.5 Å². The Bertz CT molecular complexity index is 788. The fourth-order valence-corrected chi connectivity index (χ4v) is 2.93. The van der Waals surface area contributed by atoms with Gasteiger partial charge in [0.05, 0.1) is 7.11 Å². The maximum atomic E-state index is 12.6. The van der Waals surface area contributed by atoms with Gasteiger partial charge in [0.2, 0.25) is 0 Å². The van der Waals surface area contributed by atoms with Crippen molar-refractivity contribution in [2.24, 2.45) is 16.8 Å². The van der Waals surface area contributed by atoms with Crippen molar-refractivity contribution in [1.82, 2.24) is 0 Å². The summed E-state index contributed by atoms with van der Waals surface area (Å²) in [5.74, 6) is -3.27. The normalized spacial score (nSPS) is 18.8. The standard InChI is InChI=1S/C23H31NO6/c1-6-9-15(2)11-12-17(4)21(26)20-18(25)14-19(30-22(20)27)16(3)10-7-8-13-24-23(28)29-5/h11-14,16,20H,6-10H2,1-5H3/b15-11+,17-12+,24-13?/t16-,20+/m1/s1. The number of unbranched alkanes of at least 4 members (excludes halogenated alkanes) is 1. The molecule has 0 N–H and O–H groups in total. The van der Waals surface area contributed by atoms with Gasteiger partial charge >= 0.3 is 12.1 Å². The van der Waals surface area contributed by atoms with E-state index in [1.54, 1.807) is 13.0 Å². The molecule has 0 saturated carbocycles. The van der Waals surface area contributed by atoms with Gasteiger partial charge in [-0.1, -0.05) is 38.0 Å². The lowest BCUT2D eigenvalue weighted by Crippen LogP contribution is -2.37. The van der Waals surface area contributed by atoms with E-state index in [1.165, 1.54) is 19.4 Å². The summed E-state index contributed by atoms with van der Waals surface area (Å²) in [7, 11) is 1.25. The van der Waals surface area contributed by atoms with E-state index in [0.717, 1.165) is 18.4 Å².